The number of carbonyl (C=O) groups is 2. The first-order chi connectivity index (χ1) is 9.59. The van der Waals surface area contributed by atoms with E-state index in [1.165, 1.54) is 6.07 Å². The van der Waals surface area contributed by atoms with Gasteiger partial charge in [-0.3, -0.25) is 19.7 Å². The van der Waals surface area contributed by atoms with Crippen LogP contribution in [0.3, 0.4) is 0 Å². The predicted octanol–water partition coefficient (Wildman–Crippen LogP) is 1.66. The molecule has 0 unspecified atom stereocenters. The summed E-state index contributed by atoms with van der Waals surface area (Å²) in [6.07, 6.45) is 3.65. The van der Waals surface area contributed by atoms with Crippen LogP contribution in [0.1, 0.15) is 23.0 Å². The van der Waals surface area contributed by atoms with Crippen molar-refractivity contribution in [1.29, 1.82) is 0 Å². The van der Waals surface area contributed by atoms with Crippen LogP contribution in [0.5, 0.6) is 0 Å². The van der Waals surface area contributed by atoms with Gasteiger partial charge in [-0.25, -0.2) is 0 Å². The molecule has 1 aromatic carbocycles. The third-order valence-corrected chi connectivity index (χ3v) is 4.44. The molecule has 1 aliphatic heterocycles. The van der Waals surface area contributed by atoms with E-state index in [1.54, 1.807) is 18.2 Å². The van der Waals surface area contributed by atoms with Crippen LogP contribution in [-0.4, -0.2) is 16.9 Å². The average molecular weight is 271 g/mol. The van der Waals surface area contributed by atoms with Crippen molar-refractivity contribution >= 4 is 17.6 Å². The van der Waals surface area contributed by atoms with Gasteiger partial charge in [0, 0.05) is 23.5 Å². The molecule has 1 heterocycles. The highest BCUT2D eigenvalue weighted by Crippen LogP contribution is 2.56. The Morgan fingerprint density at radius 1 is 1.05 bits per heavy atom. The van der Waals surface area contributed by atoms with Gasteiger partial charge >= 0.3 is 11.9 Å². The molecular formula is C14H9NO5. The molecule has 6 heteroatoms. The highest BCUT2D eigenvalue weighted by Gasteiger charge is 2.58. The Balaban J connectivity index is 1.98. The van der Waals surface area contributed by atoms with Crippen molar-refractivity contribution in [3.63, 3.8) is 0 Å². The first-order valence-electron chi connectivity index (χ1n) is 6.30. The third kappa shape index (κ3) is 1.18. The summed E-state index contributed by atoms with van der Waals surface area (Å²) >= 11 is 0. The molecule has 4 aliphatic rings. The second-order valence-corrected chi connectivity index (χ2v) is 5.27. The molecule has 4 atom stereocenters. The van der Waals surface area contributed by atoms with Crippen LogP contribution in [0.2, 0.25) is 0 Å². The van der Waals surface area contributed by atoms with Gasteiger partial charge in [0.05, 0.1) is 16.8 Å². The lowest BCUT2D eigenvalue weighted by Gasteiger charge is -2.38. The molecule has 0 N–H and O–H groups in total. The van der Waals surface area contributed by atoms with Crippen LogP contribution in [0, 0.1) is 22.0 Å². The smallest absolute Gasteiger partial charge is 0.318 e. The molecule has 3 aliphatic carbocycles. The molecule has 0 radical (unpaired) electrons. The summed E-state index contributed by atoms with van der Waals surface area (Å²) < 4.78 is 4.73. The van der Waals surface area contributed by atoms with Crippen molar-refractivity contribution in [3.8, 4) is 0 Å². The lowest BCUT2D eigenvalue weighted by atomic mass is 9.60. The van der Waals surface area contributed by atoms with Crippen LogP contribution in [0.25, 0.3) is 0 Å². The summed E-state index contributed by atoms with van der Waals surface area (Å²) in [4.78, 5) is 34.4. The molecule has 0 amide bonds. The molecule has 1 aromatic rings. The van der Waals surface area contributed by atoms with Crippen molar-refractivity contribution in [3.05, 3.63) is 51.6 Å². The third-order valence-electron chi connectivity index (χ3n) is 4.44. The van der Waals surface area contributed by atoms with Gasteiger partial charge in [0.1, 0.15) is 0 Å². The van der Waals surface area contributed by atoms with Crippen LogP contribution in [-0.2, 0) is 14.3 Å². The van der Waals surface area contributed by atoms with Crippen molar-refractivity contribution < 1.29 is 19.2 Å². The zero-order valence-corrected chi connectivity index (χ0v) is 10.2. The summed E-state index contributed by atoms with van der Waals surface area (Å²) in [5.74, 6) is -2.99. The number of rotatable bonds is 1. The first kappa shape index (κ1) is 11.3. The number of nitro groups is 1. The lowest BCUT2D eigenvalue weighted by Crippen LogP contribution is -2.37. The van der Waals surface area contributed by atoms with E-state index in [1.807, 2.05) is 6.08 Å². The highest BCUT2D eigenvalue weighted by molar-refractivity contribution is 5.99. The van der Waals surface area contributed by atoms with Crippen LogP contribution in [0.4, 0.5) is 5.69 Å². The first-order valence-corrected chi connectivity index (χ1v) is 6.30. The van der Waals surface area contributed by atoms with E-state index in [0.717, 1.165) is 5.56 Å². The molecule has 1 saturated heterocycles. The molecule has 20 heavy (non-hydrogen) atoms. The number of esters is 2. The minimum atomic E-state index is -0.619. The fourth-order valence-corrected chi connectivity index (χ4v) is 3.70. The van der Waals surface area contributed by atoms with Crippen molar-refractivity contribution in [2.45, 2.75) is 11.8 Å². The topological polar surface area (TPSA) is 86.5 Å². The molecule has 2 bridgehead atoms. The number of cyclic esters (lactones) is 2. The Hall–Kier alpha value is -2.50. The SMILES string of the molecule is O=C1OC(=O)[C@H]2[C@H]1[C@@H]1C=C[C@H]2c2cccc([N+](=O)[O-])c21. The maximum absolute atomic E-state index is 11.9. The Morgan fingerprint density at radius 2 is 1.70 bits per heavy atom. The largest absolute Gasteiger partial charge is 0.393 e. The van der Waals surface area contributed by atoms with Crippen LogP contribution >= 0.6 is 0 Å². The number of hydrogen-bond donors (Lipinski definition) is 0. The van der Waals surface area contributed by atoms with Gasteiger partial charge in [-0.2, -0.15) is 0 Å². The molecule has 0 aromatic heterocycles. The predicted molar refractivity (Wildman–Crippen MR) is 65.8 cm³/mol. The van der Waals surface area contributed by atoms with E-state index >= 15 is 0 Å². The Bertz CT molecular complexity index is 708. The number of benzene rings is 1. The Kier molecular flexibility index (Phi) is 2.00. The number of nitrogens with zero attached hydrogens (tertiary/aromatic N) is 1. The molecule has 5 rings (SSSR count). The second kappa shape index (κ2) is 3.53. The zero-order valence-electron chi connectivity index (χ0n) is 10.2. The summed E-state index contributed by atoms with van der Waals surface area (Å²) in [6, 6.07) is 4.84. The van der Waals surface area contributed by atoms with Crippen LogP contribution < -0.4 is 0 Å². The Morgan fingerprint density at radius 3 is 2.40 bits per heavy atom. The van der Waals surface area contributed by atoms with Crippen LogP contribution in [0.15, 0.2) is 30.4 Å². The standard InChI is InChI=1S/C14H9NO5/c16-13-11-7-4-5-8(12(11)14(17)20-13)10-6(7)2-1-3-9(10)15(18)19/h1-5,7-8,11-12H/t7-,8+,11+,12+/m0/s1. The maximum atomic E-state index is 11.9. The number of ether oxygens (including phenoxy) is 1. The highest BCUT2D eigenvalue weighted by atomic mass is 16.6. The number of allylic oxidation sites excluding steroid dienone is 2. The van der Waals surface area contributed by atoms with E-state index in [-0.39, 0.29) is 11.6 Å². The fourth-order valence-electron chi connectivity index (χ4n) is 3.70. The van der Waals surface area contributed by atoms with Gasteiger partial charge in [-0.15, -0.1) is 0 Å². The van der Waals surface area contributed by atoms with E-state index in [2.05, 4.69) is 0 Å². The van der Waals surface area contributed by atoms with Gasteiger partial charge < -0.3 is 4.74 Å². The van der Waals surface area contributed by atoms with Crippen molar-refractivity contribution in [2.75, 3.05) is 0 Å². The van der Waals surface area contributed by atoms with Gasteiger partial charge in [0.2, 0.25) is 0 Å². The number of nitro benzene ring substituents is 1. The fraction of sp³-hybridized carbons (Fsp3) is 0.286. The van der Waals surface area contributed by atoms with Gasteiger partial charge in [-0.05, 0) is 5.56 Å². The molecule has 6 nitrogen and oxygen atoms in total. The molecule has 100 valence electrons. The van der Waals surface area contributed by atoms with Gasteiger partial charge in [0.25, 0.3) is 5.69 Å². The summed E-state index contributed by atoms with van der Waals surface area (Å²) in [5.41, 5.74) is 1.32. The molecule has 0 spiro atoms. The van der Waals surface area contributed by atoms with Gasteiger partial charge in [0.15, 0.2) is 0 Å². The van der Waals surface area contributed by atoms with Crippen molar-refractivity contribution in [1.82, 2.24) is 0 Å². The zero-order chi connectivity index (χ0) is 14.0. The number of hydrogen-bond acceptors (Lipinski definition) is 5. The minimum Gasteiger partial charge on any atom is -0.393 e. The quantitative estimate of drug-likeness (QED) is 0.255. The molecule has 0 saturated carbocycles. The minimum absolute atomic E-state index is 0.00690. The maximum Gasteiger partial charge on any atom is 0.318 e. The lowest BCUT2D eigenvalue weighted by molar-refractivity contribution is -0.385. The summed E-state index contributed by atoms with van der Waals surface area (Å²) in [5, 5.41) is 11.2. The summed E-state index contributed by atoms with van der Waals surface area (Å²) in [6.45, 7) is 0. The van der Waals surface area contributed by atoms with E-state index in [9.17, 15) is 19.7 Å². The average Bonchev–Trinajstić information content (AvgIpc) is 2.76. The Labute approximate surface area is 113 Å². The van der Waals surface area contributed by atoms with Gasteiger partial charge in [-0.1, -0.05) is 24.3 Å². The monoisotopic (exact) mass is 271 g/mol. The van der Waals surface area contributed by atoms with E-state index < -0.39 is 34.6 Å². The van der Waals surface area contributed by atoms with E-state index in [4.69, 9.17) is 4.74 Å². The van der Waals surface area contributed by atoms with E-state index in [0.29, 0.717) is 5.56 Å². The second-order valence-electron chi connectivity index (χ2n) is 5.27. The summed E-state index contributed by atoms with van der Waals surface area (Å²) in [7, 11) is 0. The molecule has 1 fully saturated rings. The normalized spacial score (nSPS) is 32.8. The van der Waals surface area contributed by atoms with Crippen molar-refractivity contribution in [2.24, 2.45) is 11.8 Å². The molecular weight excluding hydrogens is 262 g/mol. The number of carbonyl (C=O) groups excluding carboxylic acids is 2.